The lowest BCUT2D eigenvalue weighted by Gasteiger charge is -2.42. The van der Waals surface area contributed by atoms with Crippen molar-refractivity contribution in [1.82, 2.24) is 0 Å². The van der Waals surface area contributed by atoms with E-state index in [2.05, 4.69) is 0 Å². The van der Waals surface area contributed by atoms with Crippen molar-refractivity contribution in [1.29, 1.82) is 0 Å². The minimum absolute atomic E-state index is 0.0226. The molecule has 0 aromatic heterocycles. The number of aliphatic hydroxyl groups is 8. The van der Waals surface area contributed by atoms with Crippen LogP contribution in [0.5, 0.6) is 0 Å². The number of rotatable bonds is 12. The Labute approximate surface area is 196 Å². The summed E-state index contributed by atoms with van der Waals surface area (Å²) in [5, 5.41) is 79.7. The quantitative estimate of drug-likeness (QED) is 0.138. The van der Waals surface area contributed by atoms with Gasteiger partial charge in [-0.25, -0.2) is 0 Å². The summed E-state index contributed by atoms with van der Waals surface area (Å²) in [4.78, 5) is 12.3. The van der Waals surface area contributed by atoms with Crippen LogP contribution in [-0.4, -0.2) is 115 Å². The van der Waals surface area contributed by atoms with Gasteiger partial charge in [0.25, 0.3) is 0 Å². The van der Waals surface area contributed by atoms with Crippen LogP contribution in [0, 0.1) is 5.92 Å². The first-order valence-electron chi connectivity index (χ1n) is 10.9. The Hall–Kier alpha value is -1.71. The predicted molar refractivity (Wildman–Crippen MR) is 114 cm³/mol. The summed E-state index contributed by atoms with van der Waals surface area (Å²) in [7, 11) is 0. The molecule has 0 aliphatic carbocycles. The molecule has 12 heteroatoms. The highest BCUT2D eigenvalue weighted by Crippen LogP contribution is 2.26. The maximum Gasteiger partial charge on any atom is 0.309 e. The summed E-state index contributed by atoms with van der Waals surface area (Å²) in [6, 6.07) is 8.93. The number of esters is 1. The van der Waals surface area contributed by atoms with Gasteiger partial charge in [0.15, 0.2) is 6.29 Å². The lowest BCUT2D eigenvalue weighted by Crippen LogP contribution is -2.61. The molecule has 1 aromatic carbocycles. The third-order valence-electron chi connectivity index (χ3n) is 5.66. The molecule has 5 unspecified atom stereocenters. The second-order valence-corrected chi connectivity index (χ2v) is 8.34. The van der Waals surface area contributed by atoms with Gasteiger partial charge < -0.3 is 55.1 Å². The fraction of sp³-hybridized carbons (Fsp3) is 0.682. The smallest absolute Gasteiger partial charge is 0.309 e. The maximum atomic E-state index is 12.3. The average molecular weight is 491 g/mol. The molecule has 10 atom stereocenters. The number of aliphatic hydroxyl groups excluding tert-OH is 8. The molecule has 1 heterocycles. The van der Waals surface area contributed by atoms with Gasteiger partial charge in [-0.05, 0) is 12.0 Å². The van der Waals surface area contributed by atoms with E-state index in [0.29, 0.717) is 0 Å². The number of hydrogen-bond acceptors (Lipinski definition) is 12. The van der Waals surface area contributed by atoms with Crippen molar-refractivity contribution >= 4 is 5.97 Å². The molecule has 2 rings (SSSR count). The van der Waals surface area contributed by atoms with E-state index in [1.807, 2.05) is 6.07 Å². The summed E-state index contributed by atoms with van der Waals surface area (Å²) < 4.78 is 15.7. The largest absolute Gasteiger partial charge is 0.461 e. The molecule has 34 heavy (non-hydrogen) atoms. The summed E-state index contributed by atoms with van der Waals surface area (Å²) in [6.07, 6.45) is -15.6. The monoisotopic (exact) mass is 490 g/mol. The fourth-order valence-electron chi connectivity index (χ4n) is 3.53. The van der Waals surface area contributed by atoms with Gasteiger partial charge in [0.1, 0.15) is 49.3 Å². The Morgan fingerprint density at radius 2 is 1.65 bits per heavy atom. The summed E-state index contributed by atoms with van der Waals surface area (Å²) in [6.45, 7) is -0.139. The van der Waals surface area contributed by atoms with E-state index in [1.54, 1.807) is 24.3 Å². The van der Waals surface area contributed by atoms with Gasteiger partial charge in [0.05, 0.1) is 25.2 Å². The predicted octanol–water partition coefficient (Wildman–Crippen LogP) is -2.98. The lowest BCUT2D eigenvalue weighted by atomic mass is 9.94. The zero-order chi connectivity index (χ0) is 25.4. The van der Waals surface area contributed by atoms with Crippen molar-refractivity contribution in [2.45, 2.75) is 75.1 Å². The van der Waals surface area contributed by atoms with Crippen molar-refractivity contribution in [3.63, 3.8) is 0 Å². The van der Waals surface area contributed by atoms with Crippen LogP contribution in [0.1, 0.15) is 18.9 Å². The van der Waals surface area contributed by atoms with Crippen LogP contribution < -0.4 is 0 Å². The molecule has 0 bridgehead atoms. The Morgan fingerprint density at radius 3 is 2.24 bits per heavy atom. The van der Waals surface area contributed by atoms with Gasteiger partial charge in [0.2, 0.25) is 0 Å². The Morgan fingerprint density at radius 1 is 1.00 bits per heavy atom. The van der Waals surface area contributed by atoms with Crippen molar-refractivity contribution < 1.29 is 59.9 Å². The lowest BCUT2D eigenvalue weighted by molar-refractivity contribution is -0.327. The van der Waals surface area contributed by atoms with E-state index in [1.165, 1.54) is 6.92 Å². The van der Waals surface area contributed by atoms with E-state index in [4.69, 9.17) is 14.2 Å². The third-order valence-corrected chi connectivity index (χ3v) is 5.66. The number of hydrogen-bond donors (Lipinski definition) is 8. The zero-order valence-corrected chi connectivity index (χ0v) is 18.7. The molecule has 0 saturated carbocycles. The van der Waals surface area contributed by atoms with Crippen molar-refractivity contribution in [2.75, 3.05) is 13.2 Å². The van der Waals surface area contributed by atoms with Crippen LogP contribution in [0.15, 0.2) is 30.3 Å². The first-order valence-corrected chi connectivity index (χ1v) is 10.9. The Balaban J connectivity index is 2.00. The van der Waals surface area contributed by atoms with Gasteiger partial charge in [-0.3, -0.25) is 4.79 Å². The van der Waals surface area contributed by atoms with E-state index in [9.17, 15) is 45.6 Å². The molecule has 1 saturated heterocycles. The highest BCUT2D eigenvalue weighted by Gasteiger charge is 2.47. The maximum absolute atomic E-state index is 12.3. The number of carbonyl (C=O) groups excluding carboxylic acids is 1. The molecule has 0 spiro atoms. The normalized spacial score (nSPS) is 29.6. The Kier molecular flexibility index (Phi) is 11.2. The summed E-state index contributed by atoms with van der Waals surface area (Å²) >= 11 is 0. The summed E-state index contributed by atoms with van der Waals surface area (Å²) in [5.41, 5.74) is 0.766. The summed E-state index contributed by atoms with van der Waals surface area (Å²) in [5.74, 6) is -1.49. The van der Waals surface area contributed by atoms with E-state index in [-0.39, 0.29) is 13.0 Å². The van der Waals surface area contributed by atoms with Crippen LogP contribution >= 0.6 is 0 Å². The van der Waals surface area contributed by atoms with Gasteiger partial charge in [-0.15, -0.1) is 0 Å². The molecule has 0 radical (unpaired) electrons. The number of benzene rings is 1. The van der Waals surface area contributed by atoms with Crippen LogP contribution in [0.2, 0.25) is 0 Å². The number of ether oxygens (including phenoxy) is 3. The van der Waals surface area contributed by atoms with Gasteiger partial charge in [-0.1, -0.05) is 37.3 Å². The van der Waals surface area contributed by atoms with Gasteiger partial charge in [0, 0.05) is 0 Å². The average Bonchev–Trinajstić information content (AvgIpc) is 2.85. The SMILES string of the molecule is CC(CC(O)[C@@H](O)[C@H](O[C@H]1OC(CO)[C@@H](O)[C@H](O)C1O)C(O)CO)C(=O)OCc1ccccc1. The van der Waals surface area contributed by atoms with Gasteiger partial charge in [-0.2, -0.15) is 0 Å². The second kappa shape index (κ2) is 13.4. The van der Waals surface area contributed by atoms with E-state index < -0.39 is 80.2 Å². The molecule has 1 aliphatic heterocycles. The number of carbonyl (C=O) groups is 1. The highest BCUT2D eigenvalue weighted by atomic mass is 16.7. The van der Waals surface area contributed by atoms with Crippen molar-refractivity contribution in [3.8, 4) is 0 Å². The fourth-order valence-corrected chi connectivity index (χ4v) is 3.53. The molecule has 1 aliphatic rings. The molecule has 194 valence electrons. The van der Waals surface area contributed by atoms with Gasteiger partial charge >= 0.3 is 5.97 Å². The molecule has 8 N–H and O–H groups in total. The molecule has 12 nitrogen and oxygen atoms in total. The van der Waals surface area contributed by atoms with Crippen molar-refractivity contribution in [3.05, 3.63) is 35.9 Å². The van der Waals surface area contributed by atoms with Crippen LogP contribution in [0.3, 0.4) is 0 Å². The van der Waals surface area contributed by atoms with Crippen LogP contribution in [-0.2, 0) is 25.6 Å². The Bertz CT molecular complexity index is 732. The van der Waals surface area contributed by atoms with E-state index >= 15 is 0 Å². The first kappa shape index (κ1) is 28.5. The standard InChI is InChI=1S/C22H34O12/c1-11(21(31)32-10-12-5-3-2-4-6-12)7-13(25)16(27)20(14(26)8-23)34-22-19(30)18(29)17(28)15(9-24)33-22/h2-6,11,13-20,22-30H,7-10H2,1H3/t11?,13?,14?,15?,16-,17-,18+,19?,20-,22-/m1/s1. The molecule has 1 fully saturated rings. The molecule has 0 amide bonds. The topological polar surface area (TPSA) is 207 Å². The molecule has 1 aromatic rings. The van der Waals surface area contributed by atoms with Crippen LogP contribution in [0.4, 0.5) is 0 Å². The second-order valence-electron chi connectivity index (χ2n) is 8.34. The minimum Gasteiger partial charge on any atom is -0.461 e. The zero-order valence-electron chi connectivity index (χ0n) is 18.7. The highest BCUT2D eigenvalue weighted by molar-refractivity contribution is 5.72. The third kappa shape index (κ3) is 7.39. The minimum atomic E-state index is -1.86. The van der Waals surface area contributed by atoms with E-state index in [0.717, 1.165) is 5.56 Å². The first-order chi connectivity index (χ1) is 16.1. The molecular weight excluding hydrogens is 456 g/mol. The van der Waals surface area contributed by atoms with Crippen LogP contribution in [0.25, 0.3) is 0 Å². The molecular formula is C22H34O12. The van der Waals surface area contributed by atoms with Crippen molar-refractivity contribution in [2.24, 2.45) is 5.92 Å².